The van der Waals surface area contributed by atoms with Gasteiger partial charge in [0.25, 0.3) is 0 Å². The lowest BCUT2D eigenvalue weighted by molar-refractivity contribution is 0.796. The molecule has 0 heterocycles. The van der Waals surface area contributed by atoms with Gasteiger partial charge in [-0.05, 0) is 78.9 Å². The molecular formula is C36H24. The van der Waals surface area contributed by atoms with Crippen LogP contribution in [0.25, 0.3) is 44.2 Å². The molecular weight excluding hydrogens is 432 g/mol. The summed E-state index contributed by atoms with van der Waals surface area (Å²) in [6, 6.07) is 47.5. The minimum absolute atomic E-state index is 0.332. The van der Waals surface area contributed by atoms with E-state index in [2.05, 4.69) is 134 Å². The summed E-state index contributed by atoms with van der Waals surface area (Å²) in [5.74, 6) is 0. The second kappa shape index (κ2) is 7.06. The maximum Gasteiger partial charge on any atom is 0.0731 e. The van der Waals surface area contributed by atoms with E-state index in [1.54, 1.807) is 0 Å². The molecule has 36 heavy (non-hydrogen) atoms. The molecule has 0 heteroatoms. The molecule has 0 atom stereocenters. The molecule has 0 bridgehead atoms. The fraction of sp³-hybridized carbons (Fsp3) is 0.0556. The highest BCUT2D eigenvalue weighted by atomic mass is 14.5. The summed E-state index contributed by atoms with van der Waals surface area (Å²) >= 11 is 0. The summed E-state index contributed by atoms with van der Waals surface area (Å²) in [6.07, 6.45) is 0. The molecule has 168 valence electrons. The van der Waals surface area contributed by atoms with E-state index in [9.17, 15) is 0 Å². The zero-order chi connectivity index (χ0) is 23.9. The van der Waals surface area contributed by atoms with E-state index < -0.39 is 0 Å². The Labute approximate surface area is 211 Å². The van der Waals surface area contributed by atoms with Crippen molar-refractivity contribution in [2.45, 2.75) is 12.3 Å². The molecule has 0 nitrogen and oxygen atoms in total. The van der Waals surface area contributed by atoms with Crippen molar-refractivity contribution in [2.24, 2.45) is 0 Å². The normalized spacial score (nSPS) is 13.9. The SMILES string of the molecule is Cc1ccc(-c2cccc3c2C2(c4ccccc4-c4ccccc42)c2ccccc2-3)c2ccccc12. The van der Waals surface area contributed by atoms with Gasteiger partial charge in [0.15, 0.2) is 0 Å². The van der Waals surface area contributed by atoms with E-state index in [1.165, 1.54) is 72.0 Å². The Morgan fingerprint density at radius 3 is 1.42 bits per heavy atom. The zero-order valence-electron chi connectivity index (χ0n) is 20.1. The molecule has 2 aliphatic rings. The average molecular weight is 457 g/mol. The number of fused-ring (bicyclic) bond motifs is 11. The van der Waals surface area contributed by atoms with E-state index in [0.29, 0.717) is 0 Å². The summed E-state index contributed by atoms with van der Waals surface area (Å²) in [5.41, 5.74) is 14.6. The molecule has 2 aliphatic carbocycles. The predicted molar refractivity (Wildman–Crippen MR) is 150 cm³/mol. The van der Waals surface area contributed by atoms with Gasteiger partial charge in [0.2, 0.25) is 0 Å². The van der Waals surface area contributed by atoms with Crippen molar-refractivity contribution >= 4 is 10.8 Å². The first-order valence-corrected chi connectivity index (χ1v) is 12.7. The Morgan fingerprint density at radius 1 is 0.361 bits per heavy atom. The molecule has 1 spiro atoms. The molecule has 8 rings (SSSR count). The Kier molecular flexibility index (Phi) is 3.89. The van der Waals surface area contributed by atoms with Crippen LogP contribution in [0.3, 0.4) is 0 Å². The van der Waals surface area contributed by atoms with E-state index in [0.717, 1.165) is 0 Å². The first-order valence-electron chi connectivity index (χ1n) is 12.7. The van der Waals surface area contributed by atoms with Crippen molar-refractivity contribution in [2.75, 3.05) is 0 Å². The van der Waals surface area contributed by atoms with Crippen molar-refractivity contribution in [1.29, 1.82) is 0 Å². The zero-order valence-corrected chi connectivity index (χ0v) is 20.1. The molecule has 0 aliphatic heterocycles. The smallest absolute Gasteiger partial charge is 0.0619 e. The fourth-order valence-corrected chi connectivity index (χ4v) is 7.06. The lowest BCUT2D eigenvalue weighted by Crippen LogP contribution is -2.26. The van der Waals surface area contributed by atoms with Gasteiger partial charge in [-0.1, -0.05) is 127 Å². The largest absolute Gasteiger partial charge is 0.0731 e. The minimum atomic E-state index is -0.332. The van der Waals surface area contributed by atoms with Crippen molar-refractivity contribution < 1.29 is 0 Å². The molecule has 0 saturated heterocycles. The first kappa shape index (κ1) is 19.8. The van der Waals surface area contributed by atoms with Gasteiger partial charge in [0.1, 0.15) is 0 Å². The third-order valence-corrected chi connectivity index (χ3v) is 8.45. The molecule has 0 saturated carbocycles. The first-order chi connectivity index (χ1) is 17.8. The lowest BCUT2D eigenvalue weighted by Gasteiger charge is -2.32. The van der Waals surface area contributed by atoms with Gasteiger partial charge in [-0.25, -0.2) is 0 Å². The van der Waals surface area contributed by atoms with Gasteiger partial charge in [0, 0.05) is 0 Å². The summed E-state index contributed by atoms with van der Waals surface area (Å²) in [6.45, 7) is 2.21. The van der Waals surface area contributed by atoms with Crippen LogP contribution in [-0.4, -0.2) is 0 Å². The number of hydrogen-bond acceptors (Lipinski definition) is 0. The van der Waals surface area contributed by atoms with E-state index in [1.807, 2.05) is 0 Å². The molecule has 0 radical (unpaired) electrons. The highest BCUT2D eigenvalue weighted by molar-refractivity contribution is 6.04. The number of benzene rings is 6. The molecule has 0 N–H and O–H groups in total. The van der Waals surface area contributed by atoms with Crippen LogP contribution in [-0.2, 0) is 5.41 Å². The second-order valence-corrected chi connectivity index (χ2v) is 10.1. The van der Waals surface area contributed by atoms with Crippen LogP contribution >= 0.6 is 0 Å². The average Bonchev–Trinajstić information content (AvgIpc) is 3.41. The van der Waals surface area contributed by atoms with E-state index >= 15 is 0 Å². The monoisotopic (exact) mass is 456 g/mol. The lowest BCUT2D eigenvalue weighted by atomic mass is 9.68. The number of aryl methyl sites for hydroxylation is 1. The van der Waals surface area contributed by atoms with Gasteiger partial charge in [-0.15, -0.1) is 0 Å². The highest BCUT2D eigenvalue weighted by Gasteiger charge is 2.52. The third-order valence-electron chi connectivity index (χ3n) is 8.45. The summed E-state index contributed by atoms with van der Waals surface area (Å²) in [4.78, 5) is 0. The third kappa shape index (κ3) is 2.30. The quantitative estimate of drug-likeness (QED) is 0.231. The van der Waals surface area contributed by atoms with Crippen LogP contribution in [0.5, 0.6) is 0 Å². The van der Waals surface area contributed by atoms with Crippen LogP contribution < -0.4 is 0 Å². The van der Waals surface area contributed by atoms with Crippen LogP contribution in [0.2, 0.25) is 0 Å². The summed E-state index contributed by atoms with van der Waals surface area (Å²) < 4.78 is 0. The van der Waals surface area contributed by atoms with Crippen LogP contribution in [0, 0.1) is 6.92 Å². The van der Waals surface area contributed by atoms with Crippen LogP contribution in [0.1, 0.15) is 27.8 Å². The highest BCUT2D eigenvalue weighted by Crippen LogP contribution is 2.64. The van der Waals surface area contributed by atoms with Gasteiger partial charge < -0.3 is 0 Å². The van der Waals surface area contributed by atoms with E-state index in [4.69, 9.17) is 0 Å². The van der Waals surface area contributed by atoms with Crippen LogP contribution in [0.15, 0.2) is 127 Å². The van der Waals surface area contributed by atoms with Crippen molar-refractivity contribution in [3.05, 3.63) is 155 Å². The van der Waals surface area contributed by atoms with Gasteiger partial charge in [-0.3, -0.25) is 0 Å². The van der Waals surface area contributed by atoms with Crippen LogP contribution in [0.4, 0.5) is 0 Å². The minimum Gasteiger partial charge on any atom is -0.0619 e. The molecule has 6 aromatic carbocycles. The number of hydrogen-bond donors (Lipinski definition) is 0. The molecule has 0 amide bonds. The van der Waals surface area contributed by atoms with Gasteiger partial charge in [-0.2, -0.15) is 0 Å². The van der Waals surface area contributed by atoms with E-state index in [-0.39, 0.29) is 5.41 Å². The van der Waals surface area contributed by atoms with Gasteiger partial charge in [0.05, 0.1) is 5.41 Å². The Morgan fingerprint density at radius 2 is 0.806 bits per heavy atom. The topological polar surface area (TPSA) is 0 Å². The standard InChI is InChI=1S/C36H24/c1-23-21-22-26(25-12-3-2-11-24(23)25)30-16-10-17-31-29-15-6-9-20-34(29)36(35(30)31)32-18-7-4-13-27(32)28-14-5-8-19-33(28)36/h2-22H,1H3. The molecule has 0 aromatic heterocycles. The Hall–Kier alpha value is -4.42. The molecule has 0 unspecified atom stereocenters. The summed E-state index contributed by atoms with van der Waals surface area (Å²) in [7, 11) is 0. The molecule has 6 aromatic rings. The van der Waals surface area contributed by atoms with Gasteiger partial charge >= 0.3 is 0 Å². The maximum atomic E-state index is 2.35. The molecule has 0 fully saturated rings. The summed E-state index contributed by atoms with van der Waals surface area (Å²) in [5, 5.41) is 2.64. The maximum absolute atomic E-state index is 2.35. The van der Waals surface area contributed by atoms with Crippen molar-refractivity contribution in [3.63, 3.8) is 0 Å². The predicted octanol–water partition coefficient (Wildman–Crippen LogP) is 9.16. The van der Waals surface area contributed by atoms with Crippen molar-refractivity contribution in [3.8, 4) is 33.4 Å². The Bertz CT molecular complexity index is 1790. The second-order valence-electron chi connectivity index (χ2n) is 10.1. The van der Waals surface area contributed by atoms with Crippen molar-refractivity contribution in [1.82, 2.24) is 0 Å². The fourth-order valence-electron chi connectivity index (χ4n) is 7.06. The number of rotatable bonds is 1. The Balaban J connectivity index is 1.59.